The number of carbonyl (C=O) groups excluding carboxylic acids is 2. The minimum atomic E-state index is -3.23. The Morgan fingerprint density at radius 1 is 1.32 bits per heavy atom. The second kappa shape index (κ2) is 8.62. The van der Waals surface area contributed by atoms with Gasteiger partial charge in [0.15, 0.2) is 0 Å². The minimum Gasteiger partial charge on any atom is -0.365 e. The number of halogens is 4. The van der Waals surface area contributed by atoms with Crippen molar-refractivity contribution in [2.45, 2.75) is 45.1 Å². The SMILES string of the molecule is Cc1c([N+](=O)[O-])c(C(F)F)nn1CC(=O)Nc1c(C(N)=O)sc2nc(C(F)F)cc(C3CC3)c12. The molecular formula is C19H16F4N6O4S. The second-order valence-electron chi connectivity index (χ2n) is 7.64. The summed E-state index contributed by atoms with van der Waals surface area (Å²) in [6.45, 7) is 0.482. The maximum absolute atomic E-state index is 13.3. The lowest BCUT2D eigenvalue weighted by Crippen LogP contribution is -2.22. The van der Waals surface area contributed by atoms with Crippen LogP contribution in [0, 0.1) is 17.0 Å². The van der Waals surface area contributed by atoms with E-state index in [4.69, 9.17) is 5.73 Å². The van der Waals surface area contributed by atoms with Gasteiger partial charge in [-0.15, -0.1) is 11.3 Å². The predicted molar refractivity (Wildman–Crippen MR) is 112 cm³/mol. The molecule has 0 aliphatic heterocycles. The number of nitrogens with two attached hydrogens (primary N) is 1. The van der Waals surface area contributed by atoms with Crippen LogP contribution in [0.4, 0.5) is 28.9 Å². The van der Waals surface area contributed by atoms with Crippen LogP contribution in [0.25, 0.3) is 10.2 Å². The summed E-state index contributed by atoms with van der Waals surface area (Å²) < 4.78 is 53.7. The number of thiophene rings is 1. The molecule has 0 atom stereocenters. The smallest absolute Gasteiger partial charge is 0.319 e. The molecule has 1 aliphatic rings. The lowest BCUT2D eigenvalue weighted by Gasteiger charge is -2.10. The number of rotatable bonds is 8. The van der Waals surface area contributed by atoms with Crippen molar-refractivity contribution in [1.29, 1.82) is 0 Å². The summed E-state index contributed by atoms with van der Waals surface area (Å²) >= 11 is 0.744. The van der Waals surface area contributed by atoms with Crippen molar-refractivity contribution in [2.75, 3.05) is 5.32 Å². The van der Waals surface area contributed by atoms with Crippen molar-refractivity contribution in [3.05, 3.63) is 43.7 Å². The number of amides is 2. The molecule has 1 fully saturated rings. The predicted octanol–water partition coefficient (Wildman–Crippen LogP) is 4.20. The fourth-order valence-corrected chi connectivity index (χ4v) is 4.69. The molecule has 0 saturated heterocycles. The Morgan fingerprint density at radius 2 is 2.00 bits per heavy atom. The fraction of sp³-hybridized carbons (Fsp3) is 0.368. The van der Waals surface area contributed by atoms with E-state index >= 15 is 0 Å². The molecule has 180 valence electrons. The van der Waals surface area contributed by atoms with Crippen LogP contribution in [0.5, 0.6) is 0 Å². The van der Waals surface area contributed by atoms with Crippen LogP contribution in [0.15, 0.2) is 6.07 Å². The first-order valence-corrected chi connectivity index (χ1v) is 10.7. The quantitative estimate of drug-likeness (QED) is 0.269. The van der Waals surface area contributed by atoms with E-state index in [9.17, 15) is 37.3 Å². The Kier molecular flexibility index (Phi) is 5.97. The van der Waals surface area contributed by atoms with Gasteiger partial charge < -0.3 is 11.1 Å². The van der Waals surface area contributed by atoms with Gasteiger partial charge in [0, 0.05) is 5.39 Å². The van der Waals surface area contributed by atoms with Crippen molar-refractivity contribution >= 4 is 44.7 Å². The van der Waals surface area contributed by atoms with Crippen LogP contribution in [0.1, 0.15) is 63.9 Å². The number of nitrogens with one attached hydrogen (secondary N) is 1. The molecule has 0 spiro atoms. The maximum Gasteiger partial charge on any atom is 0.319 e. The van der Waals surface area contributed by atoms with Gasteiger partial charge in [-0.25, -0.2) is 22.5 Å². The highest BCUT2D eigenvalue weighted by Gasteiger charge is 2.33. The lowest BCUT2D eigenvalue weighted by molar-refractivity contribution is -0.386. The molecular weight excluding hydrogens is 484 g/mol. The van der Waals surface area contributed by atoms with Crippen LogP contribution in [0.2, 0.25) is 0 Å². The van der Waals surface area contributed by atoms with Crippen molar-refractivity contribution in [3.8, 4) is 0 Å². The highest BCUT2D eigenvalue weighted by molar-refractivity contribution is 7.21. The van der Waals surface area contributed by atoms with Crippen molar-refractivity contribution in [1.82, 2.24) is 14.8 Å². The van der Waals surface area contributed by atoms with Crippen molar-refractivity contribution < 1.29 is 32.1 Å². The molecule has 3 aromatic rings. The Balaban J connectivity index is 1.74. The van der Waals surface area contributed by atoms with Crippen LogP contribution < -0.4 is 11.1 Å². The van der Waals surface area contributed by atoms with Gasteiger partial charge in [-0.2, -0.15) is 5.10 Å². The summed E-state index contributed by atoms with van der Waals surface area (Å²) in [6, 6.07) is 1.23. The van der Waals surface area contributed by atoms with Gasteiger partial charge in [0.2, 0.25) is 11.6 Å². The maximum atomic E-state index is 13.3. The standard InChI is InChI=1S/C19H16F4N6O4S/c1-6-14(29(32)33)13(17(22)23)27-28(6)5-10(30)26-12-11-8(7-2-3-7)4-9(16(20)21)25-19(11)34-15(12)18(24)31/h4,7,16-17H,2-3,5H2,1H3,(H2,24,31)(H,26,30). The van der Waals surface area contributed by atoms with Crippen molar-refractivity contribution in [2.24, 2.45) is 5.73 Å². The second-order valence-corrected chi connectivity index (χ2v) is 8.64. The lowest BCUT2D eigenvalue weighted by atomic mass is 10.0. The Bertz CT molecular complexity index is 1330. The van der Waals surface area contributed by atoms with E-state index in [0.717, 1.165) is 28.9 Å². The van der Waals surface area contributed by atoms with Crippen LogP contribution in [0.3, 0.4) is 0 Å². The zero-order chi connectivity index (χ0) is 24.9. The van der Waals surface area contributed by atoms with Gasteiger partial charge >= 0.3 is 5.69 Å². The largest absolute Gasteiger partial charge is 0.365 e. The third-order valence-electron chi connectivity index (χ3n) is 5.32. The van der Waals surface area contributed by atoms with E-state index in [1.54, 1.807) is 0 Å². The van der Waals surface area contributed by atoms with E-state index < -0.39 is 53.2 Å². The molecule has 4 rings (SSSR count). The molecule has 1 aliphatic carbocycles. The number of fused-ring (bicyclic) bond motifs is 1. The monoisotopic (exact) mass is 500 g/mol. The Labute approximate surface area is 191 Å². The average molecular weight is 500 g/mol. The molecule has 2 amide bonds. The van der Waals surface area contributed by atoms with Gasteiger partial charge in [-0.3, -0.25) is 24.4 Å². The molecule has 3 N–H and O–H groups in total. The number of nitrogens with zero attached hydrogens (tertiary/aromatic N) is 4. The number of anilines is 1. The average Bonchev–Trinajstić information content (AvgIpc) is 3.45. The molecule has 15 heteroatoms. The number of alkyl halides is 4. The Morgan fingerprint density at radius 3 is 2.50 bits per heavy atom. The van der Waals surface area contributed by atoms with Crippen molar-refractivity contribution in [3.63, 3.8) is 0 Å². The number of hydrogen-bond acceptors (Lipinski definition) is 7. The minimum absolute atomic E-state index is 0.0268. The van der Waals surface area contributed by atoms with Gasteiger partial charge in [0.25, 0.3) is 18.8 Å². The van der Waals surface area contributed by atoms with E-state index in [0.29, 0.717) is 10.9 Å². The van der Waals surface area contributed by atoms with Gasteiger partial charge in [-0.05, 0) is 37.3 Å². The fourth-order valence-electron chi connectivity index (χ4n) is 3.67. The number of nitro groups is 1. The third kappa shape index (κ3) is 4.18. The van der Waals surface area contributed by atoms with Gasteiger partial charge in [-0.1, -0.05) is 0 Å². The summed E-state index contributed by atoms with van der Waals surface area (Å²) in [4.78, 5) is 38.8. The summed E-state index contributed by atoms with van der Waals surface area (Å²) in [6.07, 6.45) is -4.63. The Hall–Kier alpha value is -3.62. The van der Waals surface area contributed by atoms with E-state index in [1.165, 1.54) is 13.0 Å². The van der Waals surface area contributed by atoms with E-state index in [2.05, 4.69) is 15.4 Å². The molecule has 0 radical (unpaired) electrons. The number of primary amides is 1. The molecule has 34 heavy (non-hydrogen) atoms. The van der Waals surface area contributed by atoms with E-state index in [-0.39, 0.29) is 27.0 Å². The molecule has 0 unspecified atom stereocenters. The molecule has 3 heterocycles. The number of pyridine rings is 1. The van der Waals surface area contributed by atoms with Crippen LogP contribution >= 0.6 is 11.3 Å². The first-order chi connectivity index (χ1) is 16.0. The molecule has 10 nitrogen and oxygen atoms in total. The zero-order valence-corrected chi connectivity index (χ0v) is 18.2. The zero-order valence-electron chi connectivity index (χ0n) is 17.4. The number of aromatic nitrogens is 3. The first-order valence-electron chi connectivity index (χ1n) is 9.84. The summed E-state index contributed by atoms with van der Waals surface area (Å²) in [7, 11) is 0. The normalized spacial score (nSPS) is 13.7. The summed E-state index contributed by atoms with van der Waals surface area (Å²) in [5, 5.41) is 17.4. The molecule has 0 aromatic carbocycles. The number of carbonyl (C=O) groups is 2. The highest BCUT2D eigenvalue weighted by atomic mass is 32.1. The number of hydrogen-bond donors (Lipinski definition) is 2. The van der Waals surface area contributed by atoms with Crippen LogP contribution in [-0.2, 0) is 11.3 Å². The summed E-state index contributed by atoms with van der Waals surface area (Å²) in [5.41, 5.74) is 3.19. The highest BCUT2D eigenvalue weighted by Crippen LogP contribution is 2.48. The van der Waals surface area contributed by atoms with E-state index in [1.807, 2.05) is 0 Å². The van der Waals surface area contributed by atoms with Gasteiger partial charge in [0.05, 0.1) is 10.6 Å². The molecule has 3 aromatic heterocycles. The molecule has 0 bridgehead atoms. The molecule has 1 saturated carbocycles. The van der Waals surface area contributed by atoms with Gasteiger partial charge in [0.1, 0.15) is 27.6 Å². The third-order valence-corrected chi connectivity index (χ3v) is 6.42. The topological polar surface area (TPSA) is 146 Å². The summed E-state index contributed by atoms with van der Waals surface area (Å²) in [5.74, 6) is -1.83. The first kappa shape index (κ1) is 23.5. The van der Waals surface area contributed by atoms with Crippen LogP contribution in [-0.4, -0.2) is 31.5 Å².